The predicted octanol–water partition coefficient (Wildman–Crippen LogP) is -0.813. The summed E-state index contributed by atoms with van der Waals surface area (Å²) in [4.78, 5) is 11.7. The number of carbonyl (C=O) groups excluding carboxylic acids is 1. The molecule has 2 heterocycles. The van der Waals surface area contributed by atoms with Crippen LogP contribution in [-0.4, -0.2) is 57.7 Å². The van der Waals surface area contributed by atoms with E-state index in [1.807, 2.05) is 0 Å². The molecule has 0 aliphatic heterocycles. The number of thioether (sulfide) groups is 2. The van der Waals surface area contributed by atoms with Crippen molar-refractivity contribution >= 4 is 29.3 Å². The molecule has 0 saturated heterocycles. The molecule has 9 nitrogen and oxygen atoms in total. The van der Waals surface area contributed by atoms with Crippen molar-refractivity contribution in [3.05, 3.63) is 0 Å². The molecule has 0 saturated carbocycles. The van der Waals surface area contributed by atoms with Crippen LogP contribution in [0.2, 0.25) is 0 Å². The van der Waals surface area contributed by atoms with E-state index in [4.69, 9.17) is 0 Å². The monoisotopic (exact) mass is 286 g/mol. The second-order valence-electron chi connectivity index (χ2n) is 3.29. The minimum Gasteiger partial charge on any atom is -0.298 e. The topological polar surface area (TPSA) is 104 Å². The molecule has 0 radical (unpaired) electrons. The standard InChI is InChI=1S/C7H10N8OS2/c1-14-6(8-10-12-14)17-3-5(16)4-18-7-9-11-13-15(7)2/h3-4H2,1-2H3. The quantitative estimate of drug-likeness (QED) is 0.630. The first-order valence-corrected chi connectivity index (χ1v) is 6.86. The van der Waals surface area contributed by atoms with Crippen LogP contribution in [0.25, 0.3) is 0 Å². The Bertz CT molecular complexity index is 491. The lowest BCUT2D eigenvalue weighted by molar-refractivity contribution is -0.114. The molecule has 0 aromatic carbocycles. The van der Waals surface area contributed by atoms with E-state index < -0.39 is 0 Å². The number of hydrogen-bond donors (Lipinski definition) is 0. The predicted molar refractivity (Wildman–Crippen MR) is 64.1 cm³/mol. The molecule has 11 heteroatoms. The fourth-order valence-electron chi connectivity index (χ4n) is 1.02. The highest BCUT2D eigenvalue weighted by Crippen LogP contribution is 2.16. The number of nitrogens with zero attached hydrogens (tertiary/aromatic N) is 8. The van der Waals surface area contributed by atoms with Crippen molar-refractivity contribution in [2.45, 2.75) is 10.3 Å². The Kier molecular flexibility index (Phi) is 4.25. The van der Waals surface area contributed by atoms with Crippen molar-refractivity contribution in [1.82, 2.24) is 40.4 Å². The van der Waals surface area contributed by atoms with E-state index in [2.05, 4.69) is 31.1 Å². The Morgan fingerprint density at radius 1 is 1.00 bits per heavy atom. The summed E-state index contributed by atoms with van der Waals surface area (Å²) in [5, 5.41) is 23.2. The molecular weight excluding hydrogens is 276 g/mol. The molecule has 96 valence electrons. The summed E-state index contributed by atoms with van der Waals surface area (Å²) in [6.07, 6.45) is 0. The summed E-state index contributed by atoms with van der Waals surface area (Å²) in [5.74, 6) is 0.731. The Balaban J connectivity index is 1.76. The van der Waals surface area contributed by atoms with Gasteiger partial charge in [0, 0.05) is 14.1 Å². The van der Waals surface area contributed by atoms with Crippen LogP contribution < -0.4 is 0 Å². The SMILES string of the molecule is Cn1nnnc1SCC(=O)CSc1nnnn1C. The number of hydrogen-bond acceptors (Lipinski definition) is 9. The lowest BCUT2D eigenvalue weighted by Crippen LogP contribution is -2.07. The molecule has 2 aromatic rings. The van der Waals surface area contributed by atoms with Gasteiger partial charge in [-0.25, -0.2) is 9.36 Å². The minimum absolute atomic E-state index is 0.0796. The van der Waals surface area contributed by atoms with E-state index in [9.17, 15) is 4.79 Å². The molecule has 18 heavy (non-hydrogen) atoms. The van der Waals surface area contributed by atoms with Crippen LogP contribution in [0.5, 0.6) is 0 Å². The molecule has 0 spiro atoms. The van der Waals surface area contributed by atoms with Crippen LogP contribution in [0.1, 0.15) is 0 Å². The molecule has 0 N–H and O–H groups in total. The van der Waals surface area contributed by atoms with Gasteiger partial charge in [-0.05, 0) is 20.9 Å². The molecule has 0 bridgehead atoms. The second-order valence-corrected chi connectivity index (χ2v) is 5.17. The number of carbonyl (C=O) groups is 1. The van der Waals surface area contributed by atoms with Gasteiger partial charge in [-0.3, -0.25) is 4.79 Å². The zero-order valence-corrected chi connectivity index (χ0v) is 11.3. The first kappa shape index (κ1) is 13.0. The average molecular weight is 286 g/mol. The first-order valence-electron chi connectivity index (χ1n) is 4.89. The van der Waals surface area contributed by atoms with Crippen LogP contribution >= 0.6 is 23.5 Å². The Hall–Kier alpha value is -1.49. The fourth-order valence-corrected chi connectivity index (χ4v) is 2.57. The van der Waals surface area contributed by atoms with Crippen molar-refractivity contribution < 1.29 is 4.79 Å². The van der Waals surface area contributed by atoms with E-state index in [0.29, 0.717) is 21.8 Å². The minimum atomic E-state index is 0.0796. The van der Waals surface area contributed by atoms with Gasteiger partial charge in [0.05, 0.1) is 11.5 Å². The zero-order chi connectivity index (χ0) is 13.0. The number of Topliss-reactive ketones (excluding diaryl/α,β-unsaturated/α-hetero) is 1. The summed E-state index contributed by atoms with van der Waals surface area (Å²) in [5.41, 5.74) is 0. The van der Waals surface area contributed by atoms with Crippen molar-refractivity contribution in [2.24, 2.45) is 14.1 Å². The van der Waals surface area contributed by atoms with Gasteiger partial charge >= 0.3 is 0 Å². The molecule has 0 unspecified atom stereocenters. The Labute approximate surface area is 111 Å². The van der Waals surface area contributed by atoms with Gasteiger partial charge in [-0.2, -0.15) is 0 Å². The third kappa shape index (κ3) is 3.26. The van der Waals surface area contributed by atoms with Crippen LogP contribution in [0.4, 0.5) is 0 Å². The second kappa shape index (κ2) is 5.91. The van der Waals surface area contributed by atoms with E-state index in [-0.39, 0.29) is 5.78 Å². The van der Waals surface area contributed by atoms with E-state index >= 15 is 0 Å². The molecule has 2 rings (SSSR count). The lowest BCUT2D eigenvalue weighted by atomic mass is 10.5. The molecule has 0 amide bonds. The van der Waals surface area contributed by atoms with Gasteiger partial charge in [0.15, 0.2) is 5.78 Å². The van der Waals surface area contributed by atoms with Gasteiger partial charge in [-0.15, -0.1) is 10.2 Å². The maximum atomic E-state index is 11.7. The summed E-state index contributed by atoms with van der Waals surface area (Å²) in [6, 6.07) is 0. The van der Waals surface area contributed by atoms with Gasteiger partial charge in [0.2, 0.25) is 10.3 Å². The normalized spacial score (nSPS) is 10.8. The number of aromatic nitrogens is 8. The zero-order valence-electron chi connectivity index (χ0n) is 9.72. The first-order chi connectivity index (χ1) is 8.66. The van der Waals surface area contributed by atoms with Crippen LogP contribution in [-0.2, 0) is 18.9 Å². The summed E-state index contributed by atoms with van der Waals surface area (Å²) < 4.78 is 3.05. The lowest BCUT2D eigenvalue weighted by Gasteiger charge is -1.99. The molecular formula is C7H10N8OS2. The van der Waals surface area contributed by atoms with Gasteiger partial charge < -0.3 is 0 Å². The smallest absolute Gasteiger partial charge is 0.209 e. The molecule has 0 aliphatic carbocycles. The maximum absolute atomic E-state index is 11.7. The number of tetrazole rings is 2. The number of ketones is 1. The van der Waals surface area contributed by atoms with Gasteiger partial charge in [0.1, 0.15) is 0 Å². The largest absolute Gasteiger partial charge is 0.298 e. The fraction of sp³-hybridized carbons (Fsp3) is 0.571. The average Bonchev–Trinajstić information content (AvgIpc) is 2.93. The molecule has 0 fully saturated rings. The van der Waals surface area contributed by atoms with Crippen LogP contribution in [0, 0.1) is 0 Å². The summed E-state index contributed by atoms with van der Waals surface area (Å²) in [6.45, 7) is 0. The summed E-state index contributed by atoms with van der Waals surface area (Å²) >= 11 is 2.62. The summed E-state index contributed by atoms with van der Waals surface area (Å²) in [7, 11) is 3.46. The number of rotatable bonds is 6. The Morgan fingerprint density at radius 3 is 1.78 bits per heavy atom. The highest BCUT2D eigenvalue weighted by Gasteiger charge is 2.10. The van der Waals surface area contributed by atoms with Gasteiger partial charge in [0.25, 0.3) is 0 Å². The van der Waals surface area contributed by atoms with E-state index in [1.165, 1.54) is 32.9 Å². The maximum Gasteiger partial charge on any atom is 0.209 e. The highest BCUT2D eigenvalue weighted by molar-refractivity contribution is 8.01. The van der Waals surface area contributed by atoms with Crippen molar-refractivity contribution in [3.63, 3.8) is 0 Å². The Morgan fingerprint density at radius 2 is 1.44 bits per heavy atom. The van der Waals surface area contributed by atoms with Crippen molar-refractivity contribution in [3.8, 4) is 0 Å². The van der Waals surface area contributed by atoms with Crippen LogP contribution in [0.15, 0.2) is 10.3 Å². The third-order valence-corrected chi connectivity index (χ3v) is 4.03. The van der Waals surface area contributed by atoms with Crippen LogP contribution in [0.3, 0.4) is 0 Å². The van der Waals surface area contributed by atoms with E-state index in [1.54, 1.807) is 14.1 Å². The molecule has 2 aromatic heterocycles. The molecule has 0 aliphatic rings. The van der Waals surface area contributed by atoms with Gasteiger partial charge in [-0.1, -0.05) is 23.5 Å². The number of aryl methyl sites for hydroxylation is 2. The third-order valence-electron chi connectivity index (χ3n) is 1.89. The van der Waals surface area contributed by atoms with Crippen molar-refractivity contribution in [2.75, 3.05) is 11.5 Å². The molecule has 0 atom stereocenters. The van der Waals surface area contributed by atoms with E-state index in [0.717, 1.165) is 0 Å². The van der Waals surface area contributed by atoms with Crippen molar-refractivity contribution in [1.29, 1.82) is 0 Å². The highest BCUT2D eigenvalue weighted by atomic mass is 32.2.